The lowest BCUT2D eigenvalue weighted by atomic mass is 10.1. The number of aryl methyl sites for hydroxylation is 1. The number of anilines is 2. The van der Waals surface area contributed by atoms with Gasteiger partial charge in [-0.3, -0.25) is 0 Å². The van der Waals surface area contributed by atoms with Gasteiger partial charge in [0.15, 0.2) is 5.11 Å². The van der Waals surface area contributed by atoms with E-state index in [9.17, 15) is 13.2 Å². The average Bonchev–Trinajstić information content (AvgIpc) is 2.43. The number of nitrogens with one attached hydrogen (secondary N) is 2. The van der Waals surface area contributed by atoms with E-state index in [4.69, 9.17) is 35.4 Å². The molecule has 0 aliphatic rings. The molecule has 0 bridgehead atoms. The molecule has 0 aliphatic carbocycles. The van der Waals surface area contributed by atoms with Crippen molar-refractivity contribution >= 4 is 51.9 Å². The highest BCUT2D eigenvalue weighted by molar-refractivity contribution is 7.80. The monoisotopic (exact) mass is 378 g/mol. The summed E-state index contributed by atoms with van der Waals surface area (Å²) in [5, 5.41) is 5.87. The van der Waals surface area contributed by atoms with Gasteiger partial charge in [-0.25, -0.2) is 0 Å². The van der Waals surface area contributed by atoms with Gasteiger partial charge in [-0.1, -0.05) is 29.3 Å². The number of rotatable bonds is 2. The topological polar surface area (TPSA) is 24.1 Å². The molecule has 2 aromatic rings. The Morgan fingerprint density at radius 1 is 0.957 bits per heavy atom. The molecule has 0 aromatic heterocycles. The maximum absolute atomic E-state index is 13.0. The lowest BCUT2D eigenvalue weighted by molar-refractivity contribution is -0.136. The molecule has 0 fully saturated rings. The summed E-state index contributed by atoms with van der Waals surface area (Å²) in [6, 6.07) is 8.54. The van der Waals surface area contributed by atoms with E-state index < -0.39 is 11.7 Å². The third-order valence-electron chi connectivity index (χ3n) is 2.98. The smallest absolute Gasteiger partial charge is 0.332 e. The van der Waals surface area contributed by atoms with Crippen LogP contribution in [0, 0.1) is 6.92 Å². The second kappa shape index (κ2) is 6.95. The molecule has 23 heavy (non-hydrogen) atoms. The molecule has 2 aromatic carbocycles. The van der Waals surface area contributed by atoms with Gasteiger partial charge in [0.2, 0.25) is 0 Å². The maximum Gasteiger partial charge on any atom is 0.418 e. The fourth-order valence-electron chi connectivity index (χ4n) is 1.86. The highest BCUT2D eigenvalue weighted by atomic mass is 35.5. The van der Waals surface area contributed by atoms with Crippen molar-refractivity contribution in [1.29, 1.82) is 0 Å². The number of halogens is 5. The van der Waals surface area contributed by atoms with E-state index in [0.717, 1.165) is 11.6 Å². The quantitative estimate of drug-likeness (QED) is 0.614. The summed E-state index contributed by atoms with van der Waals surface area (Å²) in [6.07, 6.45) is -4.55. The number of hydrogen-bond donors (Lipinski definition) is 2. The van der Waals surface area contributed by atoms with Gasteiger partial charge in [0.05, 0.1) is 11.3 Å². The molecule has 0 heterocycles. The molecule has 2 nitrogen and oxygen atoms in total. The van der Waals surface area contributed by atoms with Gasteiger partial charge >= 0.3 is 6.18 Å². The fourth-order valence-corrected chi connectivity index (χ4v) is 2.43. The van der Waals surface area contributed by atoms with Gasteiger partial charge < -0.3 is 10.6 Å². The van der Waals surface area contributed by atoms with Gasteiger partial charge in [-0.2, -0.15) is 13.2 Å². The zero-order valence-corrected chi connectivity index (χ0v) is 14.1. The predicted octanol–water partition coefficient (Wildman–Crippen LogP) is 6.13. The van der Waals surface area contributed by atoms with Crippen LogP contribution in [0.15, 0.2) is 36.4 Å². The minimum Gasteiger partial charge on any atom is -0.332 e. The standard InChI is InChI=1S/C15H11Cl2F3N2S/c1-8-2-3-10(17)7-13(8)22-14(23)21-12-5-4-9(16)6-11(12)15(18,19)20/h2-7H,1H3,(H2,21,22,23). The maximum atomic E-state index is 13.0. The Morgan fingerprint density at radius 3 is 2.17 bits per heavy atom. The van der Waals surface area contributed by atoms with Crippen molar-refractivity contribution in [3.8, 4) is 0 Å². The van der Waals surface area contributed by atoms with Crippen molar-refractivity contribution in [2.45, 2.75) is 13.1 Å². The minimum atomic E-state index is -4.55. The van der Waals surface area contributed by atoms with Crippen LogP contribution in [0.2, 0.25) is 10.0 Å². The van der Waals surface area contributed by atoms with E-state index in [1.807, 2.05) is 6.92 Å². The fraction of sp³-hybridized carbons (Fsp3) is 0.133. The summed E-state index contributed by atoms with van der Waals surface area (Å²) in [5.74, 6) is 0. The van der Waals surface area contributed by atoms with E-state index in [2.05, 4.69) is 10.6 Å². The Morgan fingerprint density at radius 2 is 1.52 bits per heavy atom. The van der Waals surface area contributed by atoms with E-state index >= 15 is 0 Å². The zero-order valence-electron chi connectivity index (χ0n) is 11.8. The first-order valence-corrected chi connectivity index (χ1v) is 7.54. The third kappa shape index (κ3) is 4.73. The summed E-state index contributed by atoms with van der Waals surface area (Å²) in [6.45, 7) is 1.82. The Kier molecular flexibility index (Phi) is 5.39. The zero-order chi connectivity index (χ0) is 17.2. The van der Waals surface area contributed by atoms with Crippen LogP contribution in [0.3, 0.4) is 0 Å². The molecule has 0 atom stereocenters. The number of thiocarbonyl (C=S) groups is 1. The highest BCUT2D eigenvalue weighted by Crippen LogP contribution is 2.36. The van der Waals surface area contributed by atoms with Crippen molar-refractivity contribution in [2.24, 2.45) is 0 Å². The normalized spacial score (nSPS) is 11.2. The molecule has 0 spiro atoms. The SMILES string of the molecule is Cc1ccc(Cl)cc1NC(=S)Nc1ccc(Cl)cc1C(F)(F)F. The Labute approximate surface area is 146 Å². The van der Waals surface area contributed by atoms with Crippen molar-refractivity contribution in [3.05, 3.63) is 57.6 Å². The van der Waals surface area contributed by atoms with Crippen molar-refractivity contribution < 1.29 is 13.2 Å². The van der Waals surface area contributed by atoms with Gasteiger partial charge in [0, 0.05) is 15.7 Å². The number of benzene rings is 2. The molecule has 0 radical (unpaired) electrons. The average molecular weight is 379 g/mol. The number of alkyl halides is 3. The largest absolute Gasteiger partial charge is 0.418 e. The van der Waals surface area contributed by atoms with Gasteiger partial charge in [-0.15, -0.1) is 0 Å². The van der Waals surface area contributed by atoms with Gasteiger partial charge in [0.1, 0.15) is 0 Å². The first-order chi connectivity index (χ1) is 10.7. The first-order valence-electron chi connectivity index (χ1n) is 6.38. The minimum absolute atomic E-state index is 0.00700. The lowest BCUT2D eigenvalue weighted by Crippen LogP contribution is -2.22. The second-order valence-electron chi connectivity index (χ2n) is 4.73. The molecule has 2 N–H and O–H groups in total. The summed E-state index contributed by atoms with van der Waals surface area (Å²) < 4.78 is 39.1. The highest BCUT2D eigenvalue weighted by Gasteiger charge is 2.34. The molecule has 0 saturated heterocycles. The summed E-state index contributed by atoms with van der Waals surface area (Å²) in [7, 11) is 0. The summed E-state index contributed by atoms with van der Waals surface area (Å²) >= 11 is 16.6. The van der Waals surface area contributed by atoms with Crippen LogP contribution < -0.4 is 10.6 Å². The molecule has 8 heteroatoms. The summed E-state index contributed by atoms with van der Waals surface area (Å²) in [5.41, 5.74) is 0.388. The third-order valence-corrected chi connectivity index (χ3v) is 3.66. The molecule has 0 saturated carbocycles. The van der Waals surface area contributed by atoms with Crippen LogP contribution in [-0.4, -0.2) is 5.11 Å². The molecular weight excluding hydrogens is 368 g/mol. The summed E-state index contributed by atoms with van der Waals surface area (Å²) in [4.78, 5) is 0. The molecular formula is C15H11Cl2F3N2S. The van der Waals surface area contributed by atoms with Gasteiger partial charge in [0.25, 0.3) is 0 Å². The first kappa shape index (κ1) is 17.8. The molecule has 0 unspecified atom stereocenters. The van der Waals surface area contributed by atoms with Crippen LogP contribution in [0.1, 0.15) is 11.1 Å². The van der Waals surface area contributed by atoms with E-state index in [-0.39, 0.29) is 15.8 Å². The second-order valence-corrected chi connectivity index (χ2v) is 6.01. The van der Waals surface area contributed by atoms with E-state index in [1.165, 1.54) is 12.1 Å². The predicted molar refractivity (Wildman–Crippen MR) is 92.5 cm³/mol. The molecule has 122 valence electrons. The van der Waals surface area contributed by atoms with E-state index in [0.29, 0.717) is 10.7 Å². The van der Waals surface area contributed by atoms with Crippen LogP contribution >= 0.6 is 35.4 Å². The van der Waals surface area contributed by atoms with Crippen LogP contribution in [-0.2, 0) is 6.18 Å². The van der Waals surface area contributed by atoms with Crippen molar-refractivity contribution in [3.63, 3.8) is 0 Å². The Bertz CT molecular complexity index is 748. The van der Waals surface area contributed by atoms with Crippen LogP contribution in [0.5, 0.6) is 0 Å². The van der Waals surface area contributed by atoms with Crippen LogP contribution in [0.25, 0.3) is 0 Å². The molecule has 0 aliphatic heterocycles. The Balaban J connectivity index is 2.22. The van der Waals surface area contributed by atoms with Crippen molar-refractivity contribution in [1.82, 2.24) is 0 Å². The molecule has 0 amide bonds. The van der Waals surface area contributed by atoms with Crippen LogP contribution in [0.4, 0.5) is 24.5 Å². The van der Waals surface area contributed by atoms with Crippen molar-refractivity contribution in [2.75, 3.05) is 10.6 Å². The lowest BCUT2D eigenvalue weighted by Gasteiger charge is -2.17. The van der Waals surface area contributed by atoms with Gasteiger partial charge in [-0.05, 0) is 55.0 Å². The Hall–Kier alpha value is -1.50. The molecule has 2 rings (SSSR count). The number of hydrogen-bond acceptors (Lipinski definition) is 1. The van der Waals surface area contributed by atoms with E-state index in [1.54, 1.807) is 18.2 Å².